The van der Waals surface area contributed by atoms with E-state index in [0.717, 1.165) is 0 Å². The summed E-state index contributed by atoms with van der Waals surface area (Å²) in [5, 5.41) is 0. The van der Waals surface area contributed by atoms with Crippen molar-refractivity contribution >= 4 is 0 Å². The summed E-state index contributed by atoms with van der Waals surface area (Å²) in [6.45, 7) is 10.9. The van der Waals surface area contributed by atoms with Crippen LogP contribution in [0.25, 0.3) is 0 Å². The van der Waals surface area contributed by atoms with Gasteiger partial charge in [0.2, 0.25) is 0 Å². The molecule has 0 N–H and O–H groups in total. The Bertz CT molecular complexity index is 389. The van der Waals surface area contributed by atoms with E-state index in [-0.39, 0.29) is 5.41 Å². The van der Waals surface area contributed by atoms with Crippen LogP contribution < -0.4 is 0 Å². The predicted octanol–water partition coefficient (Wildman–Crippen LogP) is 4.80. The molecule has 1 aromatic rings. The molecule has 0 amide bonds. The summed E-state index contributed by atoms with van der Waals surface area (Å²) < 4.78 is 0. The van der Waals surface area contributed by atoms with Gasteiger partial charge in [-0.3, -0.25) is 0 Å². The summed E-state index contributed by atoms with van der Waals surface area (Å²) in [4.78, 5) is 0. The second-order valence-corrected chi connectivity index (χ2v) is 4.87. The molecule has 0 aromatic heterocycles. The molecule has 0 bridgehead atoms. The lowest BCUT2D eigenvalue weighted by atomic mass is 9.78. The molecule has 0 nitrogen and oxygen atoms in total. The van der Waals surface area contributed by atoms with Crippen molar-refractivity contribution in [1.82, 2.24) is 0 Å². The van der Waals surface area contributed by atoms with Crippen molar-refractivity contribution in [2.24, 2.45) is 0 Å². The topological polar surface area (TPSA) is 0 Å². The van der Waals surface area contributed by atoms with Gasteiger partial charge in [-0.1, -0.05) is 67.5 Å². The van der Waals surface area contributed by atoms with E-state index in [1.807, 2.05) is 6.92 Å². The molecule has 0 aliphatic rings. The molecule has 0 saturated carbocycles. The van der Waals surface area contributed by atoms with Gasteiger partial charge in [-0.05, 0) is 26.3 Å². The summed E-state index contributed by atoms with van der Waals surface area (Å²) in [6, 6.07) is 8.81. The highest BCUT2D eigenvalue weighted by atomic mass is 14.3. The lowest BCUT2D eigenvalue weighted by Crippen LogP contribution is -2.18. The van der Waals surface area contributed by atoms with Crippen molar-refractivity contribution in [3.05, 3.63) is 59.2 Å². The third-order valence-corrected chi connectivity index (χ3v) is 3.30. The zero-order chi connectivity index (χ0) is 12.2. The summed E-state index contributed by atoms with van der Waals surface area (Å²) in [6.07, 6.45) is 6.36. The molecule has 0 atom stereocenters. The molecule has 0 saturated heterocycles. The van der Waals surface area contributed by atoms with Crippen LogP contribution in [-0.4, -0.2) is 0 Å². The highest BCUT2D eigenvalue weighted by molar-refractivity contribution is 5.36. The monoisotopic (exact) mass is 214 g/mol. The first-order chi connectivity index (χ1) is 7.48. The molecule has 0 heterocycles. The van der Waals surface area contributed by atoms with Gasteiger partial charge in [0.1, 0.15) is 0 Å². The van der Waals surface area contributed by atoms with Crippen molar-refractivity contribution in [2.45, 2.75) is 40.0 Å². The summed E-state index contributed by atoms with van der Waals surface area (Å²) >= 11 is 0. The summed E-state index contributed by atoms with van der Waals surface area (Å²) in [5.41, 5.74) is 4.17. The van der Waals surface area contributed by atoms with Crippen LogP contribution in [0.4, 0.5) is 0 Å². The van der Waals surface area contributed by atoms with Gasteiger partial charge >= 0.3 is 0 Å². The molecule has 0 fully saturated rings. The SMILES string of the molecule is C/C=C\C=C(/C)C(C)(C)c1ccc(C)cc1. The highest BCUT2D eigenvalue weighted by Crippen LogP contribution is 2.31. The fourth-order valence-corrected chi connectivity index (χ4v) is 1.65. The Kier molecular flexibility index (Phi) is 4.12. The molecule has 86 valence electrons. The number of hydrogen-bond acceptors (Lipinski definition) is 0. The van der Waals surface area contributed by atoms with E-state index in [1.165, 1.54) is 16.7 Å². The zero-order valence-corrected chi connectivity index (χ0v) is 11.0. The first kappa shape index (κ1) is 12.8. The van der Waals surface area contributed by atoms with Gasteiger partial charge in [0.15, 0.2) is 0 Å². The Morgan fingerprint density at radius 1 is 1.12 bits per heavy atom. The van der Waals surface area contributed by atoms with E-state index in [0.29, 0.717) is 0 Å². The van der Waals surface area contributed by atoms with E-state index < -0.39 is 0 Å². The Labute approximate surface area is 99.7 Å². The second kappa shape index (κ2) is 5.16. The number of aryl methyl sites for hydroxylation is 1. The predicted molar refractivity (Wildman–Crippen MR) is 72.8 cm³/mol. The quantitative estimate of drug-likeness (QED) is 0.634. The van der Waals surface area contributed by atoms with Gasteiger partial charge in [-0.25, -0.2) is 0 Å². The smallest absolute Gasteiger partial charge is 0.0105 e. The van der Waals surface area contributed by atoms with E-state index in [4.69, 9.17) is 0 Å². The Balaban J connectivity index is 3.05. The first-order valence-electron chi connectivity index (χ1n) is 5.85. The summed E-state index contributed by atoms with van der Waals surface area (Å²) in [7, 11) is 0. The van der Waals surface area contributed by atoms with Crippen molar-refractivity contribution in [3.63, 3.8) is 0 Å². The minimum atomic E-state index is 0.104. The van der Waals surface area contributed by atoms with Crippen LogP contribution in [0.5, 0.6) is 0 Å². The fraction of sp³-hybridized carbons (Fsp3) is 0.375. The van der Waals surface area contributed by atoms with Crippen molar-refractivity contribution < 1.29 is 0 Å². The number of hydrogen-bond donors (Lipinski definition) is 0. The van der Waals surface area contributed by atoms with E-state index in [2.05, 4.69) is 70.2 Å². The van der Waals surface area contributed by atoms with Crippen LogP contribution in [0.1, 0.15) is 38.8 Å². The molecular weight excluding hydrogens is 192 g/mol. The molecule has 0 aliphatic heterocycles. The number of allylic oxidation sites excluding steroid dienone is 4. The average molecular weight is 214 g/mol. The average Bonchev–Trinajstić information content (AvgIpc) is 2.26. The van der Waals surface area contributed by atoms with Gasteiger partial charge in [0.05, 0.1) is 0 Å². The number of benzene rings is 1. The number of rotatable bonds is 3. The van der Waals surface area contributed by atoms with Crippen molar-refractivity contribution in [1.29, 1.82) is 0 Å². The maximum atomic E-state index is 2.27. The van der Waals surface area contributed by atoms with Crippen LogP contribution in [0.3, 0.4) is 0 Å². The maximum absolute atomic E-state index is 2.27. The maximum Gasteiger partial charge on any atom is 0.0105 e. The lowest BCUT2D eigenvalue weighted by molar-refractivity contribution is 0.623. The van der Waals surface area contributed by atoms with E-state index >= 15 is 0 Å². The normalized spacial score (nSPS) is 13.4. The van der Waals surface area contributed by atoms with Gasteiger partial charge in [0.25, 0.3) is 0 Å². The highest BCUT2D eigenvalue weighted by Gasteiger charge is 2.21. The van der Waals surface area contributed by atoms with Crippen molar-refractivity contribution in [2.75, 3.05) is 0 Å². The molecule has 0 spiro atoms. The Hall–Kier alpha value is -1.30. The molecule has 0 heteroatoms. The third-order valence-electron chi connectivity index (χ3n) is 3.30. The fourth-order valence-electron chi connectivity index (χ4n) is 1.65. The Morgan fingerprint density at radius 2 is 1.69 bits per heavy atom. The molecule has 0 aliphatic carbocycles. The van der Waals surface area contributed by atoms with Crippen LogP contribution in [0, 0.1) is 6.92 Å². The summed E-state index contributed by atoms with van der Waals surface area (Å²) in [5.74, 6) is 0. The van der Waals surface area contributed by atoms with Crippen LogP contribution in [0.2, 0.25) is 0 Å². The molecule has 16 heavy (non-hydrogen) atoms. The molecular formula is C16H22. The lowest BCUT2D eigenvalue weighted by Gasteiger charge is -2.26. The molecule has 0 unspecified atom stereocenters. The molecule has 0 radical (unpaired) electrons. The molecule has 1 aromatic carbocycles. The minimum absolute atomic E-state index is 0.104. The minimum Gasteiger partial charge on any atom is -0.0877 e. The van der Waals surface area contributed by atoms with Crippen LogP contribution >= 0.6 is 0 Å². The van der Waals surface area contributed by atoms with Crippen molar-refractivity contribution in [3.8, 4) is 0 Å². The van der Waals surface area contributed by atoms with Gasteiger partial charge in [-0.2, -0.15) is 0 Å². The third kappa shape index (κ3) is 2.85. The van der Waals surface area contributed by atoms with Gasteiger partial charge in [-0.15, -0.1) is 0 Å². The van der Waals surface area contributed by atoms with E-state index in [9.17, 15) is 0 Å². The standard InChI is InChI=1S/C16H22/c1-6-7-8-14(3)16(4,5)15-11-9-13(2)10-12-15/h6-12H,1-5H3/b7-6-,14-8+. The zero-order valence-electron chi connectivity index (χ0n) is 11.0. The van der Waals surface area contributed by atoms with Crippen LogP contribution in [0.15, 0.2) is 48.1 Å². The largest absolute Gasteiger partial charge is 0.0877 e. The first-order valence-corrected chi connectivity index (χ1v) is 5.85. The Morgan fingerprint density at radius 3 is 2.19 bits per heavy atom. The second-order valence-electron chi connectivity index (χ2n) is 4.87. The molecule has 1 rings (SSSR count). The van der Waals surface area contributed by atoms with E-state index in [1.54, 1.807) is 0 Å². The van der Waals surface area contributed by atoms with Gasteiger partial charge < -0.3 is 0 Å². The van der Waals surface area contributed by atoms with Crippen LogP contribution in [-0.2, 0) is 5.41 Å². The van der Waals surface area contributed by atoms with Gasteiger partial charge in [0, 0.05) is 5.41 Å².